The Hall–Kier alpha value is -2.96. The molecule has 0 N–H and O–H groups in total. The van der Waals surface area contributed by atoms with Crippen LogP contribution in [0.15, 0.2) is 54.6 Å². The number of aromatic nitrogens is 1. The Kier molecular flexibility index (Phi) is 6.79. The van der Waals surface area contributed by atoms with E-state index in [1.54, 1.807) is 0 Å². The molecular weight excluding hydrogens is 426 g/mol. The number of pyridine rings is 1. The predicted molar refractivity (Wildman–Crippen MR) is 135 cm³/mol. The van der Waals surface area contributed by atoms with Gasteiger partial charge in [0.25, 0.3) is 0 Å². The van der Waals surface area contributed by atoms with Crippen molar-refractivity contribution in [3.05, 3.63) is 60.2 Å². The second kappa shape index (κ2) is 10.1. The van der Waals surface area contributed by atoms with E-state index in [1.807, 2.05) is 0 Å². The van der Waals surface area contributed by atoms with E-state index in [0.29, 0.717) is 13.0 Å². The molecule has 2 aromatic carbocycles. The first-order chi connectivity index (χ1) is 16.6. The summed E-state index contributed by atoms with van der Waals surface area (Å²) in [5.74, 6) is 0.850. The number of nitrogens with zero attached hydrogens (tertiary/aromatic N) is 3. The highest BCUT2D eigenvalue weighted by Crippen LogP contribution is 2.33. The summed E-state index contributed by atoms with van der Waals surface area (Å²) >= 11 is 0. The van der Waals surface area contributed by atoms with E-state index in [0.717, 1.165) is 61.8 Å². The molecule has 2 aliphatic rings. The zero-order chi connectivity index (χ0) is 23.5. The molecular formula is C28H33N3O3. The van der Waals surface area contributed by atoms with E-state index in [9.17, 15) is 4.79 Å². The van der Waals surface area contributed by atoms with E-state index in [4.69, 9.17) is 14.5 Å². The lowest BCUT2D eigenvalue weighted by Gasteiger charge is -2.35. The number of piperazine rings is 1. The van der Waals surface area contributed by atoms with Crippen molar-refractivity contribution in [1.29, 1.82) is 0 Å². The van der Waals surface area contributed by atoms with Crippen LogP contribution >= 0.6 is 0 Å². The first-order valence-corrected chi connectivity index (χ1v) is 12.4. The lowest BCUT2D eigenvalue weighted by atomic mass is 9.97. The lowest BCUT2D eigenvalue weighted by Crippen LogP contribution is -2.46. The van der Waals surface area contributed by atoms with Gasteiger partial charge in [-0.25, -0.2) is 4.98 Å². The quantitative estimate of drug-likeness (QED) is 0.510. The molecule has 34 heavy (non-hydrogen) atoms. The zero-order valence-electron chi connectivity index (χ0n) is 20.1. The minimum absolute atomic E-state index is 0.0536. The first kappa shape index (κ1) is 22.8. The first-order valence-electron chi connectivity index (χ1n) is 12.4. The molecule has 0 aliphatic carbocycles. The van der Waals surface area contributed by atoms with Crippen molar-refractivity contribution < 1.29 is 14.3 Å². The van der Waals surface area contributed by atoms with Crippen LogP contribution in [0.4, 0.5) is 5.82 Å². The number of carbonyl (C=O) groups excluding carboxylic acids is 1. The van der Waals surface area contributed by atoms with Gasteiger partial charge in [-0.2, -0.15) is 0 Å². The summed E-state index contributed by atoms with van der Waals surface area (Å²) in [4.78, 5) is 21.4. The standard InChI is InChI=1S/C28H33N3O3/c1-3-30-13-15-31(16-14-30)28-25-7-5-4-6-23(25)18-26(29-28)21-8-10-22(11-9-21)27-19-24(12-17-33-27)34-20(2)32/h4-11,18,24,27H,3,12-17,19H2,1-2H3/t24-,27-/m1/s1. The Balaban J connectivity index is 1.40. The Labute approximate surface area is 201 Å². The number of benzene rings is 2. The summed E-state index contributed by atoms with van der Waals surface area (Å²) in [5.41, 5.74) is 3.19. The van der Waals surface area contributed by atoms with Gasteiger partial charge in [0.15, 0.2) is 0 Å². The molecule has 3 aromatic rings. The molecule has 0 saturated carbocycles. The topological polar surface area (TPSA) is 54.9 Å². The fourth-order valence-corrected chi connectivity index (χ4v) is 5.05. The summed E-state index contributed by atoms with van der Waals surface area (Å²) < 4.78 is 11.4. The van der Waals surface area contributed by atoms with Crippen LogP contribution in [0, 0.1) is 0 Å². The molecule has 178 valence electrons. The van der Waals surface area contributed by atoms with Gasteiger partial charge in [0.05, 0.1) is 18.4 Å². The number of hydrogen-bond acceptors (Lipinski definition) is 6. The highest BCUT2D eigenvalue weighted by molar-refractivity contribution is 5.95. The molecule has 0 amide bonds. The third-order valence-corrected chi connectivity index (χ3v) is 6.99. The average molecular weight is 460 g/mol. The van der Waals surface area contributed by atoms with Gasteiger partial charge in [0.2, 0.25) is 0 Å². The van der Waals surface area contributed by atoms with Gasteiger partial charge in [0.1, 0.15) is 11.9 Å². The number of ether oxygens (including phenoxy) is 2. The van der Waals surface area contributed by atoms with Crippen LogP contribution in [-0.4, -0.2) is 61.3 Å². The number of likely N-dealkylation sites (N-methyl/N-ethyl adjacent to an activating group) is 1. The highest BCUT2D eigenvalue weighted by Gasteiger charge is 2.26. The van der Waals surface area contributed by atoms with E-state index in [-0.39, 0.29) is 18.2 Å². The second-order valence-corrected chi connectivity index (χ2v) is 9.21. The lowest BCUT2D eigenvalue weighted by molar-refractivity contribution is -0.153. The normalized spacial score (nSPS) is 21.5. The minimum Gasteiger partial charge on any atom is -0.462 e. The fourth-order valence-electron chi connectivity index (χ4n) is 5.05. The minimum atomic E-state index is -0.227. The largest absolute Gasteiger partial charge is 0.462 e. The molecule has 2 aliphatic heterocycles. The molecule has 0 bridgehead atoms. The number of esters is 1. The Morgan fingerprint density at radius 1 is 1.09 bits per heavy atom. The van der Waals surface area contributed by atoms with Gasteiger partial charge >= 0.3 is 5.97 Å². The van der Waals surface area contributed by atoms with Crippen molar-refractivity contribution in [2.75, 3.05) is 44.2 Å². The average Bonchev–Trinajstić information content (AvgIpc) is 2.88. The monoisotopic (exact) mass is 459 g/mol. The summed E-state index contributed by atoms with van der Waals surface area (Å²) in [6, 6.07) is 19.2. The van der Waals surface area contributed by atoms with Gasteiger partial charge in [-0.05, 0) is 23.6 Å². The van der Waals surface area contributed by atoms with Crippen molar-refractivity contribution >= 4 is 22.6 Å². The number of rotatable bonds is 5. The Morgan fingerprint density at radius 3 is 2.59 bits per heavy atom. The molecule has 2 atom stereocenters. The molecule has 5 rings (SSSR count). The van der Waals surface area contributed by atoms with Gasteiger partial charge < -0.3 is 19.3 Å². The zero-order valence-corrected chi connectivity index (χ0v) is 20.1. The van der Waals surface area contributed by atoms with E-state index in [1.165, 1.54) is 17.7 Å². The second-order valence-electron chi connectivity index (χ2n) is 9.21. The summed E-state index contributed by atoms with van der Waals surface area (Å²) in [6.07, 6.45) is 1.32. The van der Waals surface area contributed by atoms with Gasteiger partial charge in [0, 0.05) is 56.9 Å². The smallest absolute Gasteiger partial charge is 0.302 e. The summed E-state index contributed by atoms with van der Waals surface area (Å²) in [5, 5.41) is 2.42. The maximum Gasteiger partial charge on any atom is 0.302 e. The number of anilines is 1. The molecule has 0 unspecified atom stereocenters. The maximum atomic E-state index is 11.3. The van der Waals surface area contributed by atoms with Gasteiger partial charge in [-0.1, -0.05) is 55.5 Å². The van der Waals surface area contributed by atoms with Gasteiger partial charge in [-0.3, -0.25) is 4.79 Å². The Bertz CT molecular complexity index is 1140. The maximum absolute atomic E-state index is 11.3. The van der Waals surface area contributed by atoms with Crippen molar-refractivity contribution in [2.24, 2.45) is 0 Å². The third-order valence-electron chi connectivity index (χ3n) is 6.99. The van der Waals surface area contributed by atoms with Crippen molar-refractivity contribution in [3.8, 4) is 11.3 Å². The Morgan fingerprint density at radius 2 is 1.85 bits per heavy atom. The van der Waals surface area contributed by atoms with Crippen molar-refractivity contribution in [1.82, 2.24) is 9.88 Å². The molecule has 2 saturated heterocycles. The van der Waals surface area contributed by atoms with Gasteiger partial charge in [-0.15, -0.1) is 0 Å². The number of hydrogen-bond donors (Lipinski definition) is 0. The van der Waals surface area contributed by atoms with Crippen LogP contribution < -0.4 is 4.90 Å². The van der Waals surface area contributed by atoms with Crippen LogP contribution in [0.25, 0.3) is 22.0 Å². The molecule has 6 nitrogen and oxygen atoms in total. The molecule has 0 radical (unpaired) electrons. The van der Waals surface area contributed by atoms with Crippen molar-refractivity contribution in [2.45, 2.75) is 38.9 Å². The van der Waals surface area contributed by atoms with Crippen LogP contribution in [0.1, 0.15) is 38.4 Å². The molecule has 1 aromatic heterocycles. The molecule has 6 heteroatoms. The molecule has 3 heterocycles. The van der Waals surface area contributed by atoms with Crippen LogP contribution in [0.5, 0.6) is 0 Å². The number of carbonyl (C=O) groups is 1. The molecule has 2 fully saturated rings. The highest BCUT2D eigenvalue weighted by atomic mass is 16.6. The molecule has 0 spiro atoms. The SMILES string of the molecule is CCN1CCN(c2nc(-c3ccc([C@H]4C[C@H](OC(C)=O)CCO4)cc3)cc3ccccc23)CC1. The van der Waals surface area contributed by atoms with Crippen LogP contribution in [0.2, 0.25) is 0 Å². The summed E-state index contributed by atoms with van der Waals surface area (Å²) in [6.45, 7) is 9.52. The number of fused-ring (bicyclic) bond motifs is 1. The van der Waals surface area contributed by atoms with Crippen LogP contribution in [-0.2, 0) is 14.3 Å². The van der Waals surface area contributed by atoms with E-state index in [2.05, 4.69) is 71.3 Å². The van der Waals surface area contributed by atoms with E-state index < -0.39 is 0 Å². The third kappa shape index (κ3) is 4.93. The van der Waals surface area contributed by atoms with Crippen molar-refractivity contribution in [3.63, 3.8) is 0 Å². The predicted octanol–water partition coefficient (Wildman–Crippen LogP) is 4.83. The van der Waals surface area contributed by atoms with E-state index >= 15 is 0 Å². The van der Waals surface area contributed by atoms with Crippen LogP contribution in [0.3, 0.4) is 0 Å². The summed E-state index contributed by atoms with van der Waals surface area (Å²) in [7, 11) is 0. The fraction of sp³-hybridized carbons (Fsp3) is 0.429.